The minimum atomic E-state index is -1.04. The van der Waals surface area contributed by atoms with Gasteiger partial charge in [0.05, 0.1) is 0 Å². The molecule has 0 nitrogen and oxygen atoms in total. The number of fused-ring (bicyclic) bond motifs is 3. The second-order valence-electron chi connectivity index (χ2n) is 11.8. The highest BCUT2D eigenvalue weighted by molar-refractivity contribution is 5.81. The van der Waals surface area contributed by atoms with Gasteiger partial charge in [0.15, 0.2) is 23.3 Å². The molecule has 200 valence electrons. The van der Waals surface area contributed by atoms with E-state index in [4.69, 9.17) is 0 Å². The van der Waals surface area contributed by atoms with E-state index < -0.39 is 23.3 Å². The third kappa shape index (κ3) is 5.14. The molecule has 3 aliphatic carbocycles. The van der Waals surface area contributed by atoms with Gasteiger partial charge in [0.1, 0.15) is 0 Å². The summed E-state index contributed by atoms with van der Waals surface area (Å²) in [5, 5.41) is 0. The van der Waals surface area contributed by atoms with Crippen molar-refractivity contribution in [3.8, 4) is 11.1 Å². The Bertz CT molecular complexity index is 1170. The van der Waals surface area contributed by atoms with Crippen LogP contribution in [0.15, 0.2) is 18.2 Å². The molecule has 3 aliphatic rings. The molecule has 1 fully saturated rings. The van der Waals surface area contributed by atoms with E-state index in [1.165, 1.54) is 25.7 Å². The zero-order valence-corrected chi connectivity index (χ0v) is 22.4. The average Bonchev–Trinajstić information content (AvgIpc) is 3.28. The zero-order valence-electron chi connectivity index (χ0n) is 22.4. The maximum absolute atomic E-state index is 15.5. The molecule has 0 aliphatic heterocycles. The molecule has 0 bridgehead atoms. The third-order valence-corrected chi connectivity index (χ3v) is 9.30. The summed E-state index contributed by atoms with van der Waals surface area (Å²) in [4.78, 5) is 0. The Hall–Kier alpha value is -2.10. The molecule has 0 N–H and O–H groups in total. The number of hydrogen-bond donors (Lipinski definition) is 0. The van der Waals surface area contributed by atoms with Crippen molar-refractivity contribution < 1.29 is 17.6 Å². The van der Waals surface area contributed by atoms with E-state index >= 15 is 17.6 Å². The molecule has 1 saturated carbocycles. The number of allylic oxidation sites excluding steroid dienone is 2. The number of hydrogen-bond acceptors (Lipinski definition) is 0. The van der Waals surface area contributed by atoms with Crippen molar-refractivity contribution >= 4 is 5.57 Å². The summed E-state index contributed by atoms with van der Waals surface area (Å²) in [5.41, 5.74) is 2.55. The van der Waals surface area contributed by atoms with Crippen LogP contribution >= 0.6 is 0 Å². The predicted octanol–water partition coefficient (Wildman–Crippen LogP) is 10.7. The fraction of sp³-hybridized carbons (Fsp3) is 0.576. The molecule has 0 radical (unpaired) electrons. The Morgan fingerprint density at radius 1 is 0.703 bits per heavy atom. The van der Waals surface area contributed by atoms with E-state index in [0.717, 1.165) is 63.4 Å². The van der Waals surface area contributed by atoms with Crippen LogP contribution in [0.3, 0.4) is 0 Å². The van der Waals surface area contributed by atoms with Crippen LogP contribution in [-0.4, -0.2) is 0 Å². The van der Waals surface area contributed by atoms with Gasteiger partial charge in [-0.15, -0.1) is 0 Å². The lowest BCUT2D eigenvalue weighted by Crippen LogP contribution is -2.15. The SMILES string of the molecule is CCCCCC1CCC(c2cc3c(c(F)c2F)-c2c(cc(C4=CCC(CCC)CC4)c(F)c2F)C3)CC1. The Labute approximate surface area is 219 Å². The second-order valence-corrected chi connectivity index (χ2v) is 11.8. The summed E-state index contributed by atoms with van der Waals surface area (Å²) < 4.78 is 61.6. The Kier molecular flexibility index (Phi) is 8.12. The van der Waals surface area contributed by atoms with E-state index in [1.54, 1.807) is 12.1 Å². The summed E-state index contributed by atoms with van der Waals surface area (Å²) in [7, 11) is 0. The molecule has 0 saturated heterocycles. The van der Waals surface area contributed by atoms with E-state index in [2.05, 4.69) is 13.8 Å². The van der Waals surface area contributed by atoms with Crippen molar-refractivity contribution in [2.24, 2.45) is 11.8 Å². The number of unbranched alkanes of at least 4 members (excludes halogenated alkanes) is 2. The topological polar surface area (TPSA) is 0 Å². The van der Waals surface area contributed by atoms with Crippen LogP contribution in [0.4, 0.5) is 17.6 Å². The molecular weight excluding hydrogens is 472 g/mol. The molecule has 4 heteroatoms. The van der Waals surface area contributed by atoms with Crippen LogP contribution in [0.2, 0.25) is 0 Å². The minimum absolute atomic E-state index is 0.00783. The molecule has 1 atom stereocenters. The first-order valence-corrected chi connectivity index (χ1v) is 14.6. The second kappa shape index (κ2) is 11.3. The van der Waals surface area contributed by atoms with Crippen LogP contribution in [0.1, 0.15) is 125 Å². The lowest BCUT2D eigenvalue weighted by Gasteiger charge is -2.29. The van der Waals surface area contributed by atoms with Gasteiger partial charge in [0.25, 0.3) is 0 Å². The van der Waals surface area contributed by atoms with Crippen molar-refractivity contribution in [1.29, 1.82) is 0 Å². The third-order valence-electron chi connectivity index (χ3n) is 9.30. The fourth-order valence-electron chi connectivity index (χ4n) is 7.18. The van der Waals surface area contributed by atoms with Crippen LogP contribution in [0, 0.1) is 35.1 Å². The van der Waals surface area contributed by atoms with Gasteiger partial charge in [-0.1, -0.05) is 64.5 Å². The van der Waals surface area contributed by atoms with E-state index in [-0.39, 0.29) is 17.0 Å². The number of halogens is 4. The molecule has 0 spiro atoms. The van der Waals surface area contributed by atoms with Gasteiger partial charge >= 0.3 is 0 Å². The van der Waals surface area contributed by atoms with E-state index in [0.29, 0.717) is 40.5 Å². The quantitative estimate of drug-likeness (QED) is 0.208. The molecule has 2 aromatic rings. The van der Waals surface area contributed by atoms with Crippen LogP contribution in [-0.2, 0) is 6.42 Å². The Morgan fingerprint density at radius 3 is 2.05 bits per heavy atom. The fourth-order valence-corrected chi connectivity index (χ4v) is 7.18. The molecule has 5 rings (SSSR count). The minimum Gasteiger partial charge on any atom is -0.203 e. The Balaban J connectivity index is 1.40. The smallest absolute Gasteiger partial charge is 0.167 e. The van der Waals surface area contributed by atoms with E-state index in [1.807, 2.05) is 6.08 Å². The predicted molar refractivity (Wildman–Crippen MR) is 144 cm³/mol. The first-order chi connectivity index (χ1) is 17.9. The van der Waals surface area contributed by atoms with E-state index in [9.17, 15) is 0 Å². The first-order valence-electron chi connectivity index (χ1n) is 14.6. The van der Waals surface area contributed by atoms with Crippen molar-refractivity contribution in [1.82, 2.24) is 0 Å². The maximum Gasteiger partial charge on any atom is 0.167 e. The van der Waals surface area contributed by atoms with Gasteiger partial charge in [0.2, 0.25) is 0 Å². The summed E-state index contributed by atoms with van der Waals surface area (Å²) >= 11 is 0. The molecular formula is C33H40F4. The molecule has 0 aromatic heterocycles. The van der Waals surface area contributed by atoms with Gasteiger partial charge in [-0.2, -0.15) is 0 Å². The highest BCUT2D eigenvalue weighted by Crippen LogP contribution is 2.47. The van der Waals surface area contributed by atoms with Crippen LogP contribution in [0.25, 0.3) is 16.7 Å². The standard InChI is InChI=1S/C33H40F4/c1-3-5-6-8-21-11-15-23(16-12-21)27-19-25-17-24-18-26(22-13-9-20(7-4-2)10-14-22)30(34)32(36)28(24)29(25)33(37)31(27)35/h13,18-21,23H,3-12,14-17H2,1-2H3. The summed E-state index contributed by atoms with van der Waals surface area (Å²) in [6.45, 7) is 4.37. The lowest BCUT2D eigenvalue weighted by molar-refractivity contribution is 0.298. The maximum atomic E-state index is 15.5. The summed E-state index contributed by atoms with van der Waals surface area (Å²) in [6.07, 6.45) is 15.9. The van der Waals surface area contributed by atoms with Gasteiger partial charge in [0, 0.05) is 16.7 Å². The average molecular weight is 513 g/mol. The van der Waals surface area contributed by atoms with Crippen molar-refractivity contribution in [2.75, 3.05) is 0 Å². The molecule has 0 amide bonds. The van der Waals surface area contributed by atoms with Gasteiger partial charge in [-0.05, 0) is 97.5 Å². The van der Waals surface area contributed by atoms with Crippen molar-refractivity contribution in [3.05, 3.63) is 63.7 Å². The first kappa shape index (κ1) is 26.5. The number of rotatable bonds is 8. The number of benzene rings is 2. The van der Waals surface area contributed by atoms with Crippen LogP contribution in [0.5, 0.6) is 0 Å². The van der Waals surface area contributed by atoms with Gasteiger partial charge in [-0.25, -0.2) is 17.6 Å². The zero-order chi connectivity index (χ0) is 26.1. The molecule has 0 heterocycles. The highest BCUT2D eigenvalue weighted by atomic mass is 19.2. The summed E-state index contributed by atoms with van der Waals surface area (Å²) in [5.74, 6) is -2.59. The molecule has 2 aromatic carbocycles. The normalized spacial score (nSPS) is 23.1. The lowest BCUT2D eigenvalue weighted by atomic mass is 9.76. The van der Waals surface area contributed by atoms with Gasteiger partial charge < -0.3 is 0 Å². The largest absolute Gasteiger partial charge is 0.203 e. The molecule has 37 heavy (non-hydrogen) atoms. The monoisotopic (exact) mass is 512 g/mol. The van der Waals surface area contributed by atoms with Crippen LogP contribution < -0.4 is 0 Å². The Morgan fingerprint density at radius 2 is 1.41 bits per heavy atom. The highest BCUT2D eigenvalue weighted by Gasteiger charge is 2.34. The van der Waals surface area contributed by atoms with Crippen molar-refractivity contribution in [3.63, 3.8) is 0 Å². The van der Waals surface area contributed by atoms with Gasteiger partial charge in [-0.3, -0.25) is 0 Å². The molecule has 1 unspecified atom stereocenters. The van der Waals surface area contributed by atoms with Crippen molar-refractivity contribution in [2.45, 2.75) is 110 Å². The summed E-state index contributed by atoms with van der Waals surface area (Å²) in [6, 6.07) is 3.44.